The number of hydrogen-bond acceptors (Lipinski definition) is 4. The molecule has 1 aliphatic heterocycles. The monoisotopic (exact) mass is 289 g/mol. The molecular weight excluding hydrogens is 274 g/mol. The largest absolute Gasteiger partial charge is 0.384 e. The number of hydrogen-bond donors (Lipinski definition) is 1. The summed E-state index contributed by atoms with van der Waals surface area (Å²) in [6.07, 6.45) is 0. The van der Waals surface area contributed by atoms with Gasteiger partial charge in [-0.05, 0) is 11.5 Å². The quantitative estimate of drug-likeness (QED) is 0.658. The van der Waals surface area contributed by atoms with E-state index >= 15 is 0 Å². The van der Waals surface area contributed by atoms with Crippen LogP contribution < -0.4 is 0 Å². The molecule has 1 aliphatic carbocycles. The van der Waals surface area contributed by atoms with Gasteiger partial charge in [0.2, 0.25) is 11.8 Å². The van der Waals surface area contributed by atoms with Crippen molar-refractivity contribution < 1.29 is 14.7 Å². The van der Waals surface area contributed by atoms with Crippen molar-refractivity contribution in [2.24, 2.45) is 17.3 Å². The normalized spacial score (nSPS) is 26.2. The van der Waals surface area contributed by atoms with Gasteiger partial charge in [-0.2, -0.15) is 0 Å². The van der Waals surface area contributed by atoms with E-state index in [0.717, 1.165) is 10.4 Å². The number of thiophene rings is 1. The maximum atomic E-state index is 12.2. The standard InChI is InChI=1S/C15H15NO3S/c1-15(2)11-12(15)14(19)16(13(11)18)7-10-6-9(8-20-10)4-3-5-17/h6,8,11-12,17H,5,7H2,1-2H3. The molecule has 2 aliphatic rings. The Morgan fingerprint density at radius 3 is 2.60 bits per heavy atom. The van der Waals surface area contributed by atoms with E-state index in [4.69, 9.17) is 5.11 Å². The van der Waals surface area contributed by atoms with Crippen LogP contribution in [0.3, 0.4) is 0 Å². The Kier molecular flexibility index (Phi) is 2.96. The van der Waals surface area contributed by atoms with Gasteiger partial charge in [0.1, 0.15) is 6.61 Å². The summed E-state index contributed by atoms with van der Waals surface area (Å²) < 4.78 is 0. The van der Waals surface area contributed by atoms with Crippen molar-refractivity contribution in [2.45, 2.75) is 20.4 Å². The molecule has 1 saturated heterocycles. The molecule has 0 aromatic carbocycles. The molecule has 2 amide bonds. The van der Waals surface area contributed by atoms with E-state index in [2.05, 4.69) is 11.8 Å². The Labute approximate surface area is 121 Å². The molecule has 104 valence electrons. The Hall–Kier alpha value is -1.64. The van der Waals surface area contributed by atoms with Gasteiger partial charge in [-0.25, -0.2) is 0 Å². The molecule has 1 N–H and O–H groups in total. The highest BCUT2D eigenvalue weighted by Gasteiger charge is 2.72. The molecule has 1 aromatic heterocycles. The average molecular weight is 289 g/mol. The number of rotatable bonds is 2. The molecular formula is C15H15NO3S. The summed E-state index contributed by atoms with van der Waals surface area (Å²) in [4.78, 5) is 26.7. The highest BCUT2D eigenvalue weighted by atomic mass is 32.1. The second-order valence-electron chi connectivity index (χ2n) is 5.80. The molecule has 0 bridgehead atoms. The molecule has 3 rings (SSSR count). The number of imide groups is 1. The second-order valence-corrected chi connectivity index (χ2v) is 6.80. The molecule has 1 saturated carbocycles. The van der Waals surface area contributed by atoms with Crippen LogP contribution in [0.25, 0.3) is 0 Å². The summed E-state index contributed by atoms with van der Waals surface area (Å²) in [5.41, 5.74) is 0.654. The summed E-state index contributed by atoms with van der Waals surface area (Å²) in [5, 5.41) is 10.5. The van der Waals surface area contributed by atoms with Crippen LogP contribution in [0.15, 0.2) is 11.4 Å². The fourth-order valence-corrected chi connectivity index (χ4v) is 3.79. The predicted octanol–water partition coefficient (Wildman–Crippen LogP) is 1.23. The molecule has 0 spiro atoms. The van der Waals surface area contributed by atoms with Crippen LogP contribution in [-0.4, -0.2) is 28.4 Å². The molecule has 2 unspecified atom stereocenters. The first-order valence-electron chi connectivity index (χ1n) is 6.49. The minimum Gasteiger partial charge on any atom is -0.384 e. The summed E-state index contributed by atoms with van der Waals surface area (Å²) >= 11 is 1.48. The number of fused-ring (bicyclic) bond motifs is 1. The third kappa shape index (κ3) is 1.88. The third-order valence-electron chi connectivity index (χ3n) is 4.17. The summed E-state index contributed by atoms with van der Waals surface area (Å²) in [6.45, 7) is 4.12. The number of likely N-dealkylation sites (tertiary alicyclic amines) is 1. The van der Waals surface area contributed by atoms with E-state index in [-0.39, 0.29) is 35.7 Å². The van der Waals surface area contributed by atoms with Gasteiger partial charge in [-0.15, -0.1) is 11.3 Å². The fourth-order valence-electron chi connectivity index (χ4n) is 2.99. The Balaban J connectivity index is 1.72. The molecule has 5 heteroatoms. The maximum Gasteiger partial charge on any atom is 0.234 e. The summed E-state index contributed by atoms with van der Waals surface area (Å²) in [6, 6.07) is 1.86. The number of nitrogens with zero attached hydrogens (tertiary/aromatic N) is 1. The lowest BCUT2D eigenvalue weighted by atomic mass is 10.1. The van der Waals surface area contributed by atoms with Crippen molar-refractivity contribution in [1.82, 2.24) is 4.90 Å². The Bertz CT molecular complexity index is 626. The van der Waals surface area contributed by atoms with E-state index in [1.165, 1.54) is 16.2 Å². The topological polar surface area (TPSA) is 57.6 Å². The number of aliphatic hydroxyl groups is 1. The van der Waals surface area contributed by atoms with Crippen molar-refractivity contribution in [2.75, 3.05) is 6.61 Å². The number of piperidine rings is 1. The van der Waals surface area contributed by atoms with Crippen LogP contribution in [0.2, 0.25) is 0 Å². The molecule has 0 radical (unpaired) electrons. The van der Waals surface area contributed by atoms with E-state index < -0.39 is 0 Å². The SMILES string of the molecule is CC1(C)C2C(=O)N(Cc3cc(C#CCO)cs3)C(=O)C21. The molecule has 1 aromatic rings. The van der Waals surface area contributed by atoms with E-state index in [1.54, 1.807) is 0 Å². The van der Waals surface area contributed by atoms with Crippen LogP contribution in [-0.2, 0) is 16.1 Å². The van der Waals surface area contributed by atoms with Crippen molar-refractivity contribution in [1.29, 1.82) is 0 Å². The van der Waals surface area contributed by atoms with Gasteiger partial charge in [-0.3, -0.25) is 14.5 Å². The van der Waals surface area contributed by atoms with Crippen molar-refractivity contribution in [3.05, 3.63) is 21.9 Å². The summed E-state index contributed by atoms with van der Waals surface area (Å²) in [7, 11) is 0. The highest BCUT2D eigenvalue weighted by molar-refractivity contribution is 7.10. The average Bonchev–Trinajstić information content (AvgIpc) is 2.72. The van der Waals surface area contributed by atoms with E-state index in [1.807, 2.05) is 25.3 Å². The molecule has 2 heterocycles. The lowest BCUT2D eigenvalue weighted by Crippen LogP contribution is -2.35. The number of aliphatic hydroxyl groups excluding tert-OH is 1. The van der Waals surface area contributed by atoms with Gasteiger partial charge in [0.15, 0.2) is 0 Å². The first-order valence-corrected chi connectivity index (χ1v) is 7.37. The van der Waals surface area contributed by atoms with Crippen LogP contribution in [0.4, 0.5) is 0 Å². The third-order valence-corrected chi connectivity index (χ3v) is 5.09. The smallest absolute Gasteiger partial charge is 0.234 e. The van der Waals surface area contributed by atoms with Crippen LogP contribution in [0.5, 0.6) is 0 Å². The number of carbonyl (C=O) groups excluding carboxylic acids is 2. The molecule has 20 heavy (non-hydrogen) atoms. The van der Waals surface area contributed by atoms with Crippen molar-refractivity contribution in [3.8, 4) is 11.8 Å². The van der Waals surface area contributed by atoms with Crippen LogP contribution >= 0.6 is 11.3 Å². The molecule has 4 nitrogen and oxygen atoms in total. The molecule has 2 fully saturated rings. The minimum atomic E-state index is -0.174. The second kappa shape index (κ2) is 4.44. The first-order chi connectivity index (χ1) is 9.46. The number of amides is 2. The lowest BCUT2D eigenvalue weighted by molar-refractivity contribution is -0.143. The van der Waals surface area contributed by atoms with E-state index in [0.29, 0.717) is 6.54 Å². The van der Waals surface area contributed by atoms with Crippen molar-refractivity contribution in [3.63, 3.8) is 0 Å². The zero-order chi connectivity index (χ0) is 14.5. The van der Waals surface area contributed by atoms with Gasteiger partial charge in [0.05, 0.1) is 18.4 Å². The highest BCUT2D eigenvalue weighted by Crippen LogP contribution is 2.63. The molecule has 2 atom stereocenters. The van der Waals surface area contributed by atoms with Gasteiger partial charge in [0, 0.05) is 15.8 Å². The lowest BCUT2D eigenvalue weighted by Gasteiger charge is -2.19. The maximum absolute atomic E-state index is 12.2. The minimum absolute atomic E-state index is 0.0404. The summed E-state index contributed by atoms with van der Waals surface area (Å²) in [5.74, 6) is 5.07. The Morgan fingerprint density at radius 1 is 1.35 bits per heavy atom. The van der Waals surface area contributed by atoms with Crippen molar-refractivity contribution >= 4 is 23.2 Å². The van der Waals surface area contributed by atoms with E-state index in [9.17, 15) is 9.59 Å². The Morgan fingerprint density at radius 2 is 2.00 bits per heavy atom. The van der Waals surface area contributed by atoms with Gasteiger partial charge >= 0.3 is 0 Å². The fraction of sp³-hybridized carbons (Fsp3) is 0.467. The predicted molar refractivity (Wildman–Crippen MR) is 74.6 cm³/mol. The van der Waals surface area contributed by atoms with Crippen LogP contribution in [0, 0.1) is 29.1 Å². The zero-order valence-corrected chi connectivity index (χ0v) is 12.2. The van der Waals surface area contributed by atoms with Crippen LogP contribution in [0.1, 0.15) is 24.3 Å². The first kappa shape index (κ1) is 13.3. The number of carbonyl (C=O) groups is 2. The van der Waals surface area contributed by atoms with Gasteiger partial charge in [-0.1, -0.05) is 25.7 Å². The van der Waals surface area contributed by atoms with Gasteiger partial charge in [0.25, 0.3) is 0 Å². The zero-order valence-electron chi connectivity index (χ0n) is 11.3. The van der Waals surface area contributed by atoms with Gasteiger partial charge < -0.3 is 5.11 Å².